The maximum Gasteiger partial charge on any atom is 0.407 e. The molecule has 0 aromatic rings. The second-order valence-corrected chi connectivity index (χ2v) is 5.77. The van der Waals surface area contributed by atoms with Gasteiger partial charge in [-0.2, -0.15) is 0 Å². The Morgan fingerprint density at radius 2 is 2.06 bits per heavy atom. The van der Waals surface area contributed by atoms with Crippen LogP contribution in [0, 0.1) is 5.92 Å². The van der Waals surface area contributed by atoms with Crippen LogP contribution in [-0.2, 0) is 4.74 Å². The van der Waals surface area contributed by atoms with Crippen LogP contribution in [0.4, 0.5) is 4.79 Å². The van der Waals surface area contributed by atoms with Gasteiger partial charge in [-0.25, -0.2) is 4.79 Å². The summed E-state index contributed by atoms with van der Waals surface area (Å²) in [7, 11) is 0. The molecule has 4 nitrogen and oxygen atoms in total. The number of amides is 1. The Balaban J connectivity index is 2.44. The summed E-state index contributed by atoms with van der Waals surface area (Å²) in [6.07, 6.45) is 0.661. The van der Waals surface area contributed by atoms with E-state index in [1.54, 1.807) is 0 Å². The first kappa shape index (κ1) is 13.3. The first-order chi connectivity index (χ1) is 7.29. The Kier molecular flexibility index (Phi) is 4.19. The molecule has 0 saturated carbocycles. The molecule has 2 N–H and O–H groups in total. The van der Waals surface area contributed by atoms with Crippen LogP contribution in [0.15, 0.2) is 0 Å². The summed E-state index contributed by atoms with van der Waals surface area (Å²) in [4.78, 5) is 11.6. The van der Waals surface area contributed by atoms with Crippen LogP contribution in [0.3, 0.4) is 0 Å². The predicted octanol–water partition coefficient (Wildman–Crippen LogP) is 1.90. The number of hydrogen-bond donors (Lipinski definition) is 2. The van der Waals surface area contributed by atoms with Crippen molar-refractivity contribution in [2.75, 3.05) is 6.54 Å². The number of carbonyl (C=O) groups excluding carboxylic acids is 1. The summed E-state index contributed by atoms with van der Waals surface area (Å²) in [6.45, 7) is 10.9. The fraction of sp³-hybridized carbons (Fsp3) is 0.917. The van der Waals surface area contributed by atoms with E-state index in [-0.39, 0.29) is 12.1 Å². The zero-order chi connectivity index (χ0) is 12.3. The number of hydrogen-bond acceptors (Lipinski definition) is 3. The van der Waals surface area contributed by atoms with E-state index in [0.29, 0.717) is 12.0 Å². The van der Waals surface area contributed by atoms with E-state index in [4.69, 9.17) is 4.74 Å². The lowest BCUT2D eigenvalue weighted by atomic mass is 9.98. The summed E-state index contributed by atoms with van der Waals surface area (Å²) in [5.74, 6) is 0.516. The Hall–Kier alpha value is -0.770. The monoisotopic (exact) mass is 228 g/mol. The summed E-state index contributed by atoms with van der Waals surface area (Å²) < 4.78 is 5.25. The third-order valence-electron chi connectivity index (χ3n) is 2.69. The molecule has 1 aliphatic heterocycles. The number of ether oxygens (including phenoxy) is 1. The van der Waals surface area contributed by atoms with Gasteiger partial charge in [-0.3, -0.25) is 0 Å². The minimum atomic E-state index is -0.427. The van der Waals surface area contributed by atoms with Crippen LogP contribution in [0.2, 0.25) is 0 Å². The van der Waals surface area contributed by atoms with Gasteiger partial charge < -0.3 is 15.4 Å². The average Bonchev–Trinajstić information content (AvgIpc) is 2.47. The molecule has 1 amide bonds. The largest absolute Gasteiger partial charge is 0.444 e. The molecule has 16 heavy (non-hydrogen) atoms. The van der Waals surface area contributed by atoms with Crippen molar-refractivity contribution in [2.24, 2.45) is 5.92 Å². The maximum atomic E-state index is 11.6. The highest BCUT2D eigenvalue weighted by molar-refractivity contribution is 5.68. The highest BCUT2D eigenvalue weighted by Crippen LogP contribution is 2.16. The zero-order valence-corrected chi connectivity index (χ0v) is 11.0. The van der Waals surface area contributed by atoms with E-state index in [2.05, 4.69) is 24.5 Å². The molecule has 1 saturated heterocycles. The second kappa shape index (κ2) is 5.04. The van der Waals surface area contributed by atoms with Gasteiger partial charge >= 0.3 is 6.09 Å². The molecule has 0 aliphatic carbocycles. The van der Waals surface area contributed by atoms with Crippen LogP contribution in [0.1, 0.15) is 41.0 Å². The van der Waals surface area contributed by atoms with Gasteiger partial charge in [-0.1, -0.05) is 13.8 Å². The molecule has 0 bridgehead atoms. The summed E-state index contributed by atoms with van der Waals surface area (Å²) in [5.41, 5.74) is -0.427. The van der Waals surface area contributed by atoms with Gasteiger partial charge in [0.15, 0.2) is 0 Å². The fourth-order valence-corrected chi connectivity index (χ4v) is 2.05. The maximum absolute atomic E-state index is 11.6. The number of nitrogens with one attached hydrogen (secondary N) is 2. The number of rotatable bonds is 2. The summed E-state index contributed by atoms with van der Waals surface area (Å²) in [6, 6.07) is 0.544. The second-order valence-electron chi connectivity index (χ2n) is 5.77. The van der Waals surface area contributed by atoms with Crippen molar-refractivity contribution in [1.29, 1.82) is 0 Å². The molecule has 2 unspecified atom stereocenters. The Labute approximate surface area is 98.1 Å². The number of carbonyl (C=O) groups is 1. The van der Waals surface area contributed by atoms with Crippen molar-refractivity contribution in [3.8, 4) is 0 Å². The van der Waals surface area contributed by atoms with Gasteiger partial charge in [0.2, 0.25) is 0 Å². The Bertz CT molecular complexity index is 246. The minimum absolute atomic E-state index is 0.190. The molecule has 1 rings (SSSR count). The summed E-state index contributed by atoms with van der Waals surface area (Å²) >= 11 is 0. The van der Waals surface area contributed by atoms with Crippen LogP contribution >= 0.6 is 0 Å². The zero-order valence-electron chi connectivity index (χ0n) is 11.0. The van der Waals surface area contributed by atoms with Crippen molar-refractivity contribution in [1.82, 2.24) is 10.6 Å². The van der Waals surface area contributed by atoms with Crippen LogP contribution in [0.5, 0.6) is 0 Å². The topological polar surface area (TPSA) is 50.4 Å². The van der Waals surface area contributed by atoms with Crippen molar-refractivity contribution in [3.05, 3.63) is 0 Å². The van der Waals surface area contributed by atoms with Crippen molar-refractivity contribution >= 4 is 6.09 Å². The van der Waals surface area contributed by atoms with Crippen LogP contribution in [-0.4, -0.2) is 30.3 Å². The molecule has 0 aromatic carbocycles. The van der Waals surface area contributed by atoms with E-state index in [1.165, 1.54) is 0 Å². The highest BCUT2D eigenvalue weighted by Gasteiger charge is 2.31. The van der Waals surface area contributed by atoms with Crippen molar-refractivity contribution < 1.29 is 9.53 Å². The van der Waals surface area contributed by atoms with E-state index < -0.39 is 5.60 Å². The lowest BCUT2D eigenvalue weighted by molar-refractivity contribution is 0.0496. The van der Waals surface area contributed by atoms with Crippen LogP contribution in [0.25, 0.3) is 0 Å². The van der Waals surface area contributed by atoms with Gasteiger partial charge in [0.1, 0.15) is 5.60 Å². The van der Waals surface area contributed by atoms with E-state index in [1.807, 2.05) is 20.8 Å². The molecule has 4 heteroatoms. The quantitative estimate of drug-likeness (QED) is 0.759. The van der Waals surface area contributed by atoms with Crippen molar-refractivity contribution in [3.63, 3.8) is 0 Å². The minimum Gasteiger partial charge on any atom is -0.444 e. The summed E-state index contributed by atoms with van der Waals surface area (Å²) in [5, 5.41) is 6.35. The van der Waals surface area contributed by atoms with Gasteiger partial charge in [0.05, 0.1) is 0 Å². The molecular weight excluding hydrogens is 204 g/mol. The third-order valence-corrected chi connectivity index (χ3v) is 2.69. The van der Waals surface area contributed by atoms with Gasteiger partial charge in [-0.15, -0.1) is 0 Å². The molecule has 1 heterocycles. The predicted molar refractivity (Wildman–Crippen MR) is 64.4 cm³/mol. The van der Waals surface area contributed by atoms with E-state index in [9.17, 15) is 4.79 Å². The molecule has 2 atom stereocenters. The molecule has 0 radical (unpaired) electrons. The highest BCUT2D eigenvalue weighted by atomic mass is 16.6. The molecular formula is C12H24N2O2. The SMILES string of the molecule is CC(C)C1NCCC1NC(=O)OC(C)(C)C. The van der Waals surface area contributed by atoms with Gasteiger partial charge in [-0.05, 0) is 39.7 Å². The van der Waals surface area contributed by atoms with Crippen molar-refractivity contribution in [2.45, 2.75) is 58.7 Å². The first-order valence-corrected chi connectivity index (χ1v) is 6.02. The molecule has 1 fully saturated rings. The fourth-order valence-electron chi connectivity index (χ4n) is 2.05. The average molecular weight is 228 g/mol. The molecule has 0 spiro atoms. The lowest BCUT2D eigenvalue weighted by Gasteiger charge is -2.26. The smallest absolute Gasteiger partial charge is 0.407 e. The van der Waals surface area contributed by atoms with Gasteiger partial charge in [0, 0.05) is 12.1 Å². The lowest BCUT2D eigenvalue weighted by Crippen LogP contribution is -2.47. The molecule has 0 aromatic heterocycles. The Morgan fingerprint density at radius 1 is 1.44 bits per heavy atom. The molecule has 94 valence electrons. The van der Waals surface area contributed by atoms with Gasteiger partial charge in [0.25, 0.3) is 0 Å². The molecule has 1 aliphatic rings. The first-order valence-electron chi connectivity index (χ1n) is 6.02. The third kappa shape index (κ3) is 4.00. The standard InChI is InChI=1S/C12H24N2O2/c1-8(2)10-9(6-7-13-10)14-11(15)16-12(3,4)5/h8-10,13H,6-7H2,1-5H3,(H,14,15). The normalized spacial score (nSPS) is 25.9. The van der Waals surface area contributed by atoms with Crippen LogP contribution < -0.4 is 10.6 Å². The van der Waals surface area contributed by atoms with E-state index in [0.717, 1.165) is 13.0 Å². The number of alkyl carbamates (subject to hydrolysis) is 1. The van der Waals surface area contributed by atoms with E-state index >= 15 is 0 Å². The Morgan fingerprint density at radius 3 is 2.56 bits per heavy atom.